The standard InChI is InChI=1S/C21H25N3O5S/c1-28-17-9-15(10-18(12-17)29-2)22-21(25)24-13-14-8-16(24)11-20(14)23-30(26,27)19-6-4-3-5-7-19/h3-7,9-10,12,14,16,20,23H,8,11,13H2,1-2H3,(H,22,25). The van der Waals surface area contributed by atoms with Crippen LogP contribution in [-0.2, 0) is 10.0 Å². The molecule has 3 atom stereocenters. The molecular formula is C21H25N3O5S. The molecule has 1 saturated heterocycles. The van der Waals surface area contributed by atoms with Gasteiger partial charge >= 0.3 is 6.03 Å². The van der Waals surface area contributed by atoms with Gasteiger partial charge in [-0.1, -0.05) is 18.2 Å². The first-order valence-corrected chi connectivity index (χ1v) is 11.3. The van der Waals surface area contributed by atoms with Gasteiger partial charge < -0.3 is 19.7 Å². The molecule has 4 rings (SSSR count). The number of benzene rings is 2. The molecule has 8 nitrogen and oxygen atoms in total. The van der Waals surface area contributed by atoms with E-state index >= 15 is 0 Å². The Morgan fingerprint density at radius 3 is 2.27 bits per heavy atom. The third kappa shape index (κ3) is 4.08. The second kappa shape index (κ2) is 8.16. The van der Waals surface area contributed by atoms with Crippen molar-refractivity contribution in [2.45, 2.75) is 29.8 Å². The zero-order valence-electron chi connectivity index (χ0n) is 16.9. The lowest BCUT2D eigenvalue weighted by atomic mass is 10.0. The fourth-order valence-corrected chi connectivity index (χ4v) is 5.63. The van der Waals surface area contributed by atoms with Crippen molar-refractivity contribution in [1.82, 2.24) is 9.62 Å². The van der Waals surface area contributed by atoms with Crippen molar-refractivity contribution in [2.24, 2.45) is 5.92 Å². The Morgan fingerprint density at radius 1 is 1.03 bits per heavy atom. The van der Waals surface area contributed by atoms with Gasteiger partial charge in [0.25, 0.3) is 0 Å². The quantitative estimate of drug-likeness (QED) is 0.733. The molecule has 1 heterocycles. The van der Waals surface area contributed by atoms with Gasteiger partial charge in [0, 0.05) is 42.5 Å². The van der Waals surface area contributed by atoms with E-state index in [0.29, 0.717) is 30.2 Å². The molecule has 30 heavy (non-hydrogen) atoms. The van der Waals surface area contributed by atoms with Gasteiger partial charge in [-0.15, -0.1) is 0 Å². The maximum Gasteiger partial charge on any atom is 0.322 e. The number of amides is 2. The smallest absolute Gasteiger partial charge is 0.322 e. The van der Waals surface area contributed by atoms with Crippen molar-refractivity contribution in [3.63, 3.8) is 0 Å². The predicted octanol–water partition coefficient (Wildman–Crippen LogP) is 2.68. The molecule has 2 fully saturated rings. The predicted molar refractivity (Wildman–Crippen MR) is 112 cm³/mol. The second-order valence-corrected chi connectivity index (χ2v) is 9.32. The number of likely N-dealkylation sites (tertiary alicyclic amines) is 1. The Balaban J connectivity index is 1.39. The fourth-order valence-electron chi connectivity index (χ4n) is 4.29. The summed E-state index contributed by atoms with van der Waals surface area (Å²) in [6.45, 7) is 0.513. The Kier molecular flexibility index (Phi) is 5.57. The van der Waals surface area contributed by atoms with E-state index in [1.54, 1.807) is 67.7 Å². The molecule has 0 radical (unpaired) electrons. The molecule has 2 amide bonds. The number of rotatable bonds is 6. The van der Waals surface area contributed by atoms with Crippen molar-refractivity contribution in [1.29, 1.82) is 0 Å². The number of anilines is 1. The molecule has 1 aliphatic heterocycles. The van der Waals surface area contributed by atoms with Crippen LogP contribution in [0.3, 0.4) is 0 Å². The summed E-state index contributed by atoms with van der Waals surface area (Å²) in [6, 6.07) is 13.2. The normalized spacial score (nSPS) is 22.7. The van der Waals surface area contributed by atoms with Gasteiger partial charge in [-0.05, 0) is 30.9 Å². The average molecular weight is 432 g/mol. The molecule has 2 bridgehead atoms. The number of nitrogens with zero attached hydrogens (tertiary/aromatic N) is 1. The minimum absolute atomic E-state index is 0.00553. The lowest BCUT2D eigenvalue weighted by molar-refractivity contribution is 0.188. The summed E-state index contributed by atoms with van der Waals surface area (Å²) in [5, 5.41) is 2.90. The van der Waals surface area contributed by atoms with Gasteiger partial charge in [0.15, 0.2) is 0 Å². The van der Waals surface area contributed by atoms with Gasteiger partial charge in [0.2, 0.25) is 10.0 Å². The molecule has 2 aromatic carbocycles. The number of sulfonamides is 1. The zero-order valence-corrected chi connectivity index (χ0v) is 17.7. The molecule has 1 saturated carbocycles. The van der Waals surface area contributed by atoms with Crippen LogP contribution in [0.25, 0.3) is 0 Å². The molecule has 0 spiro atoms. The van der Waals surface area contributed by atoms with Gasteiger partial charge in [-0.25, -0.2) is 17.9 Å². The first kappa shape index (κ1) is 20.5. The molecule has 2 aromatic rings. The van der Waals surface area contributed by atoms with Crippen LogP contribution in [-0.4, -0.2) is 52.2 Å². The molecule has 0 aromatic heterocycles. The van der Waals surface area contributed by atoms with Crippen LogP contribution >= 0.6 is 0 Å². The molecule has 3 unspecified atom stereocenters. The summed E-state index contributed by atoms with van der Waals surface area (Å²) in [4.78, 5) is 14.9. The molecule has 160 valence electrons. The van der Waals surface area contributed by atoms with E-state index in [9.17, 15) is 13.2 Å². The molecule has 9 heteroatoms. The zero-order chi connectivity index (χ0) is 21.3. The Labute approximate surface area is 176 Å². The fraction of sp³-hybridized carbons (Fsp3) is 0.381. The molecular weight excluding hydrogens is 406 g/mol. The summed E-state index contributed by atoms with van der Waals surface area (Å²) in [6.07, 6.45) is 1.39. The minimum atomic E-state index is -3.56. The van der Waals surface area contributed by atoms with E-state index in [2.05, 4.69) is 10.0 Å². The summed E-state index contributed by atoms with van der Waals surface area (Å²) >= 11 is 0. The van der Waals surface area contributed by atoms with Crippen LogP contribution in [0.2, 0.25) is 0 Å². The van der Waals surface area contributed by atoms with Crippen molar-refractivity contribution >= 4 is 21.7 Å². The highest BCUT2D eigenvalue weighted by atomic mass is 32.2. The minimum Gasteiger partial charge on any atom is -0.497 e. The highest BCUT2D eigenvalue weighted by molar-refractivity contribution is 7.89. The lowest BCUT2D eigenvalue weighted by Crippen LogP contribution is -2.48. The van der Waals surface area contributed by atoms with Crippen LogP contribution in [0.1, 0.15) is 12.8 Å². The molecule has 2 N–H and O–H groups in total. The number of fused-ring (bicyclic) bond motifs is 2. The highest BCUT2D eigenvalue weighted by Crippen LogP contribution is 2.39. The van der Waals surface area contributed by atoms with Gasteiger partial charge in [-0.2, -0.15) is 0 Å². The topological polar surface area (TPSA) is 97.0 Å². The monoisotopic (exact) mass is 431 g/mol. The third-order valence-electron chi connectivity index (χ3n) is 5.77. The maximum atomic E-state index is 12.8. The van der Waals surface area contributed by atoms with Crippen LogP contribution in [0.5, 0.6) is 11.5 Å². The number of nitrogens with one attached hydrogen (secondary N) is 2. The Bertz CT molecular complexity index is 1010. The number of ether oxygens (including phenoxy) is 2. The maximum absolute atomic E-state index is 12.8. The Hall–Kier alpha value is -2.78. The van der Waals surface area contributed by atoms with E-state index in [0.717, 1.165) is 6.42 Å². The van der Waals surface area contributed by atoms with E-state index in [-0.39, 0.29) is 28.9 Å². The van der Waals surface area contributed by atoms with E-state index in [1.807, 2.05) is 0 Å². The first-order valence-electron chi connectivity index (χ1n) is 9.77. The number of carbonyl (C=O) groups excluding carboxylic acids is 1. The summed E-state index contributed by atoms with van der Waals surface area (Å²) in [5.74, 6) is 1.27. The number of hydrogen-bond donors (Lipinski definition) is 2. The number of urea groups is 1. The van der Waals surface area contributed by atoms with Gasteiger partial charge in [0.1, 0.15) is 11.5 Å². The molecule has 1 aliphatic carbocycles. The number of piperidine rings is 1. The first-order chi connectivity index (χ1) is 14.4. The van der Waals surface area contributed by atoms with Crippen LogP contribution in [0, 0.1) is 5.92 Å². The van der Waals surface area contributed by atoms with Crippen molar-refractivity contribution in [3.8, 4) is 11.5 Å². The van der Waals surface area contributed by atoms with Crippen molar-refractivity contribution in [2.75, 3.05) is 26.1 Å². The van der Waals surface area contributed by atoms with Crippen LogP contribution in [0.15, 0.2) is 53.4 Å². The van der Waals surface area contributed by atoms with Crippen molar-refractivity contribution < 1.29 is 22.7 Å². The number of methoxy groups -OCH3 is 2. The van der Waals surface area contributed by atoms with Crippen molar-refractivity contribution in [3.05, 3.63) is 48.5 Å². The Morgan fingerprint density at radius 2 is 1.70 bits per heavy atom. The summed E-state index contributed by atoms with van der Waals surface area (Å²) < 4.78 is 38.5. The number of carbonyl (C=O) groups is 1. The van der Waals surface area contributed by atoms with E-state index < -0.39 is 10.0 Å². The average Bonchev–Trinajstić information content (AvgIpc) is 3.34. The van der Waals surface area contributed by atoms with Gasteiger partial charge in [0.05, 0.1) is 19.1 Å². The largest absolute Gasteiger partial charge is 0.497 e. The summed E-state index contributed by atoms with van der Waals surface area (Å²) in [7, 11) is -0.461. The highest BCUT2D eigenvalue weighted by Gasteiger charge is 2.47. The molecule has 2 aliphatic rings. The van der Waals surface area contributed by atoms with E-state index in [1.165, 1.54) is 0 Å². The van der Waals surface area contributed by atoms with Crippen LogP contribution < -0.4 is 19.5 Å². The third-order valence-corrected chi connectivity index (χ3v) is 7.27. The second-order valence-electron chi connectivity index (χ2n) is 7.61. The van der Waals surface area contributed by atoms with Crippen LogP contribution in [0.4, 0.5) is 10.5 Å². The number of hydrogen-bond acceptors (Lipinski definition) is 5. The SMILES string of the molecule is COc1cc(NC(=O)N2CC3CC2CC3NS(=O)(=O)c2ccccc2)cc(OC)c1. The lowest BCUT2D eigenvalue weighted by Gasteiger charge is -2.32. The van der Waals surface area contributed by atoms with E-state index in [4.69, 9.17) is 9.47 Å². The summed E-state index contributed by atoms with van der Waals surface area (Å²) in [5.41, 5.74) is 0.584. The van der Waals surface area contributed by atoms with Gasteiger partial charge in [-0.3, -0.25) is 0 Å².